The minimum Gasteiger partial charge on any atom is -0.477 e. The van der Waals surface area contributed by atoms with Crippen molar-refractivity contribution in [1.82, 2.24) is 9.97 Å². The van der Waals surface area contributed by atoms with Crippen LogP contribution in [0.25, 0.3) is 0 Å². The maximum atomic E-state index is 5.73. The van der Waals surface area contributed by atoms with Crippen LogP contribution in [0.1, 0.15) is 25.3 Å². The van der Waals surface area contributed by atoms with Crippen molar-refractivity contribution in [3.05, 3.63) is 42.2 Å². The lowest BCUT2D eigenvalue weighted by Crippen LogP contribution is -2.01. The molecule has 1 heterocycles. The first-order chi connectivity index (χ1) is 10.3. The van der Waals surface area contributed by atoms with Crippen LogP contribution in [0.3, 0.4) is 0 Å². The molecule has 5 heteroatoms. The Morgan fingerprint density at radius 3 is 3.00 bits per heavy atom. The van der Waals surface area contributed by atoms with Gasteiger partial charge in [0.1, 0.15) is 0 Å². The van der Waals surface area contributed by atoms with E-state index in [1.807, 2.05) is 12.1 Å². The SMILES string of the molecule is CCCOc1cncc(Nc2cccc(CCCCl)c2)n1. The zero-order valence-electron chi connectivity index (χ0n) is 12.2. The normalized spacial score (nSPS) is 10.4. The highest BCUT2D eigenvalue weighted by atomic mass is 35.5. The Morgan fingerprint density at radius 2 is 2.19 bits per heavy atom. The first-order valence-electron chi connectivity index (χ1n) is 7.18. The van der Waals surface area contributed by atoms with Gasteiger partial charge in [0, 0.05) is 11.6 Å². The molecule has 0 spiro atoms. The third kappa shape index (κ3) is 5.23. The number of nitrogens with zero attached hydrogens (tertiary/aromatic N) is 2. The number of rotatable bonds is 8. The number of hydrogen-bond donors (Lipinski definition) is 1. The van der Waals surface area contributed by atoms with Gasteiger partial charge in [-0.15, -0.1) is 11.6 Å². The molecular weight excluding hydrogens is 286 g/mol. The summed E-state index contributed by atoms with van der Waals surface area (Å²) in [5.74, 6) is 1.90. The summed E-state index contributed by atoms with van der Waals surface area (Å²) < 4.78 is 5.48. The van der Waals surface area contributed by atoms with E-state index in [0.717, 1.165) is 24.9 Å². The van der Waals surface area contributed by atoms with E-state index in [2.05, 4.69) is 34.3 Å². The average Bonchev–Trinajstić information content (AvgIpc) is 2.52. The molecule has 21 heavy (non-hydrogen) atoms. The van der Waals surface area contributed by atoms with Gasteiger partial charge >= 0.3 is 0 Å². The van der Waals surface area contributed by atoms with E-state index in [9.17, 15) is 0 Å². The standard InChI is InChI=1S/C16H20ClN3O/c1-2-9-21-16-12-18-11-15(20-16)19-14-7-3-5-13(10-14)6-4-8-17/h3,5,7,10-12H,2,4,6,8-9H2,1H3,(H,19,20). The van der Waals surface area contributed by atoms with Crippen LogP contribution >= 0.6 is 11.6 Å². The van der Waals surface area contributed by atoms with Gasteiger partial charge in [-0.25, -0.2) is 0 Å². The van der Waals surface area contributed by atoms with Crippen molar-refractivity contribution in [2.45, 2.75) is 26.2 Å². The third-order valence-corrected chi connectivity index (χ3v) is 3.13. The molecule has 0 radical (unpaired) electrons. The Morgan fingerprint density at radius 1 is 1.29 bits per heavy atom. The summed E-state index contributed by atoms with van der Waals surface area (Å²) in [5, 5.41) is 3.25. The summed E-state index contributed by atoms with van der Waals surface area (Å²) in [6, 6.07) is 8.24. The number of ether oxygens (including phenoxy) is 1. The lowest BCUT2D eigenvalue weighted by molar-refractivity contribution is 0.304. The molecule has 112 valence electrons. The summed E-state index contributed by atoms with van der Waals surface area (Å²) in [4.78, 5) is 8.52. The minimum atomic E-state index is 0.542. The molecule has 0 aliphatic heterocycles. The Hall–Kier alpha value is -1.81. The monoisotopic (exact) mass is 305 g/mol. The second kappa shape index (κ2) is 8.47. The number of aromatic nitrogens is 2. The number of benzene rings is 1. The van der Waals surface area contributed by atoms with E-state index >= 15 is 0 Å². The van der Waals surface area contributed by atoms with E-state index < -0.39 is 0 Å². The summed E-state index contributed by atoms with van der Waals surface area (Å²) in [6.07, 6.45) is 6.21. The van der Waals surface area contributed by atoms with Crippen molar-refractivity contribution in [2.24, 2.45) is 0 Å². The van der Waals surface area contributed by atoms with Gasteiger partial charge < -0.3 is 10.1 Å². The highest BCUT2D eigenvalue weighted by molar-refractivity contribution is 6.17. The molecule has 1 aromatic heterocycles. The summed E-state index contributed by atoms with van der Waals surface area (Å²) in [5.41, 5.74) is 2.25. The Labute approximate surface area is 130 Å². The summed E-state index contributed by atoms with van der Waals surface area (Å²) in [7, 11) is 0. The van der Waals surface area contributed by atoms with E-state index in [0.29, 0.717) is 24.2 Å². The number of aryl methyl sites for hydroxylation is 1. The fraction of sp³-hybridized carbons (Fsp3) is 0.375. The predicted molar refractivity (Wildman–Crippen MR) is 86.6 cm³/mol. The van der Waals surface area contributed by atoms with Gasteiger partial charge in [0.25, 0.3) is 0 Å². The van der Waals surface area contributed by atoms with Crippen molar-refractivity contribution in [3.63, 3.8) is 0 Å². The fourth-order valence-corrected chi connectivity index (χ4v) is 2.04. The molecule has 0 atom stereocenters. The highest BCUT2D eigenvalue weighted by Crippen LogP contribution is 2.18. The van der Waals surface area contributed by atoms with Crippen LogP contribution in [0.5, 0.6) is 5.88 Å². The van der Waals surface area contributed by atoms with Gasteiger partial charge in [-0.05, 0) is 37.0 Å². The van der Waals surface area contributed by atoms with Crippen LogP contribution in [0, 0.1) is 0 Å². The van der Waals surface area contributed by atoms with Crippen LogP contribution in [0.15, 0.2) is 36.7 Å². The van der Waals surface area contributed by atoms with E-state index in [4.69, 9.17) is 16.3 Å². The van der Waals surface area contributed by atoms with Crippen LogP contribution in [-0.2, 0) is 6.42 Å². The Bertz CT molecular complexity index is 513. The first-order valence-corrected chi connectivity index (χ1v) is 7.72. The van der Waals surface area contributed by atoms with Crippen LogP contribution in [0.4, 0.5) is 11.5 Å². The van der Waals surface area contributed by atoms with Crippen LogP contribution in [-0.4, -0.2) is 22.5 Å². The second-order valence-electron chi connectivity index (χ2n) is 4.71. The quantitative estimate of drug-likeness (QED) is 0.743. The zero-order chi connectivity index (χ0) is 14.9. The Balaban J connectivity index is 2.03. The van der Waals surface area contributed by atoms with Gasteiger partial charge in [-0.2, -0.15) is 4.98 Å². The molecule has 0 saturated heterocycles. The number of anilines is 2. The molecule has 0 bridgehead atoms. The fourth-order valence-electron chi connectivity index (χ4n) is 1.91. The van der Waals surface area contributed by atoms with Crippen molar-refractivity contribution in [2.75, 3.05) is 17.8 Å². The molecule has 1 aromatic carbocycles. The largest absolute Gasteiger partial charge is 0.477 e. The number of alkyl halides is 1. The van der Waals surface area contributed by atoms with Crippen molar-refractivity contribution < 1.29 is 4.74 Å². The molecular formula is C16H20ClN3O. The first kappa shape index (κ1) is 15.6. The molecule has 0 unspecified atom stereocenters. The van der Waals surface area contributed by atoms with Crippen molar-refractivity contribution in [1.29, 1.82) is 0 Å². The van der Waals surface area contributed by atoms with E-state index in [1.54, 1.807) is 12.4 Å². The minimum absolute atomic E-state index is 0.542. The number of nitrogens with one attached hydrogen (secondary N) is 1. The molecule has 2 rings (SSSR count). The molecule has 0 saturated carbocycles. The maximum Gasteiger partial charge on any atom is 0.234 e. The zero-order valence-corrected chi connectivity index (χ0v) is 12.9. The van der Waals surface area contributed by atoms with Crippen LogP contribution < -0.4 is 10.1 Å². The van der Waals surface area contributed by atoms with Gasteiger partial charge in [0.05, 0.1) is 19.0 Å². The second-order valence-corrected chi connectivity index (χ2v) is 5.09. The van der Waals surface area contributed by atoms with Crippen molar-refractivity contribution >= 4 is 23.1 Å². The third-order valence-electron chi connectivity index (χ3n) is 2.86. The maximum absolute atomic E-state index is 5.73. The van der Waals surface area contributed by atoms with Crippen LogP contribution in [0.2, 0.25) is 0 Å². The number of halogens is 1. The number of hydrogen-bond acceptors (Lipinski definition) is 4. The van der Waals surface area contributed by atoms with Gasteiger partial charge in [-0.1, -0.05) is 19.1 Å². The van der Waals surface area contributed by atoms with Crippen molar-refractivity contribution in [3.8, 4) is 5.88 Å². The predicted octanol–water partition coefficient (Wildman–Crippen LogP) is 4.18. The molecule has 0 aliphatic rings. The lowest BCUT2D eigenvalue weighted by Gasteiger charge is -2.09. The molecule has 2 aromatic rings. The lowest BCUT2D eigenvalue weighted by atomic mass is 10.1. The molecule has 0 aliphatic carbocycles. The average molecular weight is 306 g/mol. The van der Waals surface area contributed by atoms with Gasteiger partial charge in [0.15, 0.2) is 5.82 Å². The van der Waals surface area contributed by atoms with E-state index in [1.165, 1.54) is 5.56 Å². The van der Waals surface area contributed by atoms with Gasteiger partial charge in [0.2, 0.25) is 5.88 Å². The molecule has 0 amide bonds. The topological polar surface area (TPSA) is 47.0 Å². The Kier molecular flexibility index (Phi) is 6.28. The summed E-state index contributed by atoms with van der Waals surface area (Å²) in [6.45, 7) is 2.70. The molecule has 1 N–H and O–H groups in total. The molecule has 0 fully saturated rings. The highest BCUT2D eigenvalue weighted by Gasteiger charge is 2.01. The van der Waals surface area contributed by atoms with E-state index in [-0.39, 0.29) is 0 Å². The molecule has 4 nitrogen and oxygen atoms in total. The van der Waals surface area contributed by atoms with Gasteiger partial charge in [-0.3, -0.25) is 4.98 Å². The summed E-state index contributed by atoms with van der Waals surface area (Å²) >= 11 is 5.73. The smallest absolute Gasteiger partial charge is 0.234 e.